The van der Waals surface area contributed by atoms with E-state index in [1.807, 2.05) is 0 Å². The number of hydrogen-bond acceptors (Lipinski definition) is 4. The van der Waals surface area contributed by atoms with Gasteiger partial charge in [-0.1, -0.05) is 11.6 Å². The number of anilines is 1. The highest BCUT2D eigenvalue weighted by atomic mass is 35.5. The zero-order valence-electron chi connectivity index (χ0n) is 13.4. The SMILES string of the molecule is O=C(Nc1ccc(F)cc1)NC1CCC(Oc2ncc(Cl)cn2)CC1. The molecular weight excluding hydrogens is 347 g/mol. The van der Waals surface area contributed by atoms with E-state index >= 15 is 0 Å². The molecule has 3 rings (SSSR count). The molecule has 1 aliphatic rings. The van der Waals surface area contributed by atoms with Crippen LogP contribution in [0.2, 0.25) is 5.02 Å². The standard InChI is InChI=1S/C17H18ClFN4O2/c18-11-9-20-17(21-10-11)25-15-7-5-14(6-8-15)23-16(24)22-13-3-1-12(19)2-4-13/h1-4,9-10,14-15H,5-8H2,(H2,22,23,24). The van der Waals surface area contributed by atoms with Crippen LogP contribution in [0.1, 0.15) is 25.7 Å². The monoisotopic (exact) mass is 364 g/mol. The largest absolute Gasteiger partial charge is 0.460 e. The Labute approximate surface area is 149 Å². The summed E-state index contributed by atoms with van der Waals surface area (Å²) in [4.78, 5) is 20.0. The molecule has 1 fully saturated rings. The molecule has 6 nitrogen and oxygen atoms in total. The summed E-state index contributed by atoms with van der Waals surface area (Å²) in [6.07, 6.45) is 6.22. The highest BCUT2D eigenvalue weighted by Crippen LogP contribution is 2.22. The molecule has 25 heavy (non-hydrogen) atoms. The van der Waals surface area contributed by atoms with Crippen molar-refractivity contribution in [3.63, 3.8) is 0 Å². The third kappa shape index (κ3) is 5.29. The summed E-state index contributed by atoms with van der Waals surface area (Å²) in [5.41, 5.74) is 0.552. The maximum Gasteiger partial charge on any atom is 0.319 e. The van der Waals surface area contributed by atoms with E-state index in [2.05, 4.69) is 20.6 Å². The fraction of sp³-hybridized carbons (Fsp3) is 0.353. The molecule has 8 heteroatoms. The summed E-state index contributed by atoms with van der Waals surface area (Å²) in [5.74, 6) is -0.339. The molecule has 1 aromatic carbocycles. The minimum Gasteiger partial charge on any atom is -0.460 e. The molecule has 132 valence electrons. The Kier molecular flexibility index (Phi) is 5.65. The Morgan fingerprint density at radius 3 is 2.40 bits per heavy atom. The quantitative estimate of drug-likeness (QED) is 0.865. The van der Waals surface area contributed by atoms with E-state index in [9.17, 15) is 9.18 Å². The number of nitrogens with zero attached hydrogens (tertiary/aromatic N) is 2. The Bertz CT molecular complexity index is 704. The van der Waals surface area contributed by atoms with Gasteiger partial charge in [-0.3, -0.25) is 0 Å². The van der Waals surface area contributed by atoms with Crippen LogP contribution in [0.25, 0.3) is 0 Å². The Morgan fingerprint density at radius 2 is 1.76 bits per heavy atom. The van der Waals surface area contributed by atoms with Crippen molar-refractivity contribution in [2.45, 2.75) is 37.8 Å². The van der Waals surface area contributed by atoms with Crippen molar-refractivity contribution in [3.8, 4) is 6.01 Å². The van der Waals surface area contributed by atoms with Crippen LogP contribution in [-0.2, 0) is 0 Å². The van der Waals surface area contributed by atoms with Crippen LogP contribution in [0.4, 0.5) is 14.9 Å². The molecule has 1 aromatic heterocycles. The molecular formula is C17H18ClFN4O2. The average molecular weight is 365 g/mol. The van der Waals surface area contributed by atoms with E-state index in [1.54, 1.807) is 0 Å². The highest BCUT2D eigenvalue weighted by molar-refractivity contribution is 6.30. The van der Waals surface area contributed by atoms with Crippen molar-refractivity contribution in [3.05, 3.63) is 47.5 Å². The second-order valence-electron chi connectivity index (χ2n) is 5.88. The summed E-state index contributed by atoms with van der Waals surface area (Å²) in [6.45, 7) is 0. The van der Waals surface area contributed by atoms with Gasteiger partial charge in [0.05, 0.1) is 17.4 Å². The first-order chi connectivity index (χ1) is 12.1. The lowest BCUT2D eigenvalue weighted by molar-refractivity contribution is 0.129. The Balaban J connectivity index is 1.42. The molecule has 0 saturated heterocycles. The number of amides is 2. The Hall–Kier alpha value is -2.41. The van der Waals surface area contributed by atoms with Gasteiger partial charge >= 0.3 is 12.0 Å². The normalized spacial score (nSPS) is 19.9. The molecule has 1 saturated carbocycles. The molecule has 0 atom stereocenters. The molecule has 2 N–H and O–H groups in total. The third-order valence-electron chi connectivity index (χ3n) is 3.98. The molecule has 0 bridgehead atoms. The van der Waals surface area contributed by atoms with Crippen molar-refractivity contribution in [1.29, 1.82) is 0 Å². The van der Waals surface area contributed by atoms with E-state index in [4.69, 9.17) is 16.3 Å². The van der Waals surface area contributed by atoms with Gasteiger partial charge in [0.1, 0.15) is 11.9 Å². The number of ether oxygens (including phenoxy) is 1. The lowest BCUT2D eigenvalue weighted by Gasteiger charge is -2.28. The number of halogens is 2. The molecule has 2 amide bonds. The Morgan fingerprint density at radius 1 is 1.12 bits per heavy atom. The summed E-state index contributed by atoms with van der Waals surface area (Å²) < 4.78 is 18.6. The first kappa shape index (κ1) is 17.4. The smallest absolute Gasteiger partial charge is 0.319 e. The number of benzene rings is 1. The first-order valence-corrected chi connectivity index (χ1v) is 8.43. The predicted molar refractivity (Wildman–Crippen MR) is 92.3 cm³/mol. The molecule has 0 unspecified atom stereocenters. The van der Waals surface area contributed by atoms with Gasteiger partial charge in [-0.25, -0.2) is 19.2 Å². The highest BCUT2D eigenvalue weighted by Gasteiger charge is 2.24. The number of carbonyl (C=O) groups is 1. The minimum absolute atomic E-state index is 0.0272. The van der Waals surface area contributed by atoms with Crippen molar-refractivity contribution in [1.82, 2.24) is 15.3 Å². The molecule has 2 aromatic rings. The number of urea groups is 1. The van der Waals surface area contributed by atoms with Gasteiger partial charge in [0, 0.05) is 11.7 Å². The summed E-state index contributed by atoms with van der Waals surface area (Å²) >= 11 is 5.74. The topological polar surface area (TPSA) is 76.1 Å². The summed E-state index contributed by atoms with van der Waals surface area (Å²) in [5, 5.41) is 6.08. The molecule has 0 aliphatic heterocycles. The maximum atomic E-state index is 12.9. The van der Waals surface area contributed by atoms with Gasteiger partial charge in [0.2, 0.25) is 0 Å². The van der Waals surface area contributed by atoms with Gasteiger partial charge in [0.25, 0.3) is 0 Å². The maximum absolute atomic E-state index is 12.9. The van der Waals surface area contributed by atoms with E-state index in [0.717, 1.165) is 25.7 Å². The molecule has 1 aliphatic carbocycles. The lowest BCUT2D eigenvalue weighted by Crippen LogP contribution is -2.41. The number of rotatable bonds is 4. The van der Waals surface area contributed by atoms with Gasteiger partial charge in [-0.15, -0.1) is 0 Å². The van der Waals surface area contributed by atoms with Crippen molar-refractivity contribution < 1.29 is 13.9 Å². The minimum atomic E-state index is -0.339. The van der Waals surface area contributed by atoms with E-state index in [1.165, 1.54) is 36.7 Å². The fourth-order valence-electron chi connectivity index (χ4n) is 2.72. The zero-order chi connectivity index (χ0) is 17.6. The van der Waals surface area contributed by atoms with Crippen molar-refractivity contribution >= 4 is 23.3 Å². The second kappa shape index (κ2) is 8.11. The predicted octanol–water partition coefficient (Wildman–Crippen LogP) is 3.78. The van der Waals surface area contributed by atoms with Gasteiger partial charge in [0.15, 0.2) is 0 Å². The summed E-state index contributed by atoms with van der Waals surface area (Å²) in [7, 11) is 0. The fourth-order valence-corrected chi connectivity index (χ4v) is 2.82. The van der Waals surface area contributed by atoms with Crippen molar-refractivity contribution in [2.24, 2.45) is 0 Å². The number of aromatic nitrogens is 2. The van der Waals surface area contributed by atoms with E-state index in [-0.39, 0.29) is 24.0 Å². The van der Waals surface area contributed by atoms with Crippen LogP contribution in [-0.4, -0.2) is 28.1 Å². The van der Waals surface area contributed by atoms with Crippen LogP contribution in [0, 0.1) is 5.82 Å². The zero-order valence-corrected chi connectivity index (χ0v) is 14.2. The first-order valence-electron chi connectivity index (χ1n) is 8.06. The average Bonchev–Trinajstić information content (AvgIpc) is 2.61. The van der Waals surface area contributed by atoms with E-state index < -0.39 is 0 Å². The van der Waals surface area contributed by atoms with Crippen LogP contribution in [0.15, 0.2) is 36.7 Å². The third-order valence-corrected chi connectivity index (χ3v) is 4.18. The number of nitrogens with one attached hydrogen (secondary N) is 2. The van der Waals surface area contributed by atoms with Gasteiger partial charge in [-0.05, 0) is 49.9 Å². The molecule has 0 spiro atoms. The van der Waals surface area contributed by atoms with E-state index in [0.29, 0.717) is 16.7 Å². The van der Waals surface area contributed by atoms with Gasteiger partial charge in [-0.2, -0.15) is 0 Å². The second-order valence-corrected chi connectivity index (χ2v) is 6.32. The van der Waals surface area contributed by atoms with Crippen molar-refractivity contribution in [2.75, 3.05) is 5.32 Å². The van der Waals surface area contributed by atoms with Crippen LogP contribution in [0.3, 0.4) is 0 Å². The summed E-state index contributed by atoms with van der Waals surface area (Å²) in [6, 6.07) is 5.74. The van der Waals surface area contributed by atoms with Crippen LogP contribution in [0.5, 0.6) is 6.01 Å². The number of carbonyl (C=O) groups excluding carboxylic acids is 1. The molecule has 1 heterocycles. The van der Waals surface area contributed by atoms with Crippen LogP contribution >= 0.6 is 11.6 Å². The van der Waals surface area contributed by atoms with Crippen LogP contribution < -0.4 is 15.4 Å². The number of hydrogen-bond donors (Lipinski definition) is 2. The molecule has 0 radical (unpaired) electrons. The lowest BCUT2D eigenvalue weighted by atomic mass is 9.93. The van der Waals surface area contributed by atoms with Gasteiger partial charge < -0.3 is 15.4 Å².